The van der Waals surface area contributed by atoms with E-state index in [9.17, 15) is 10.2 Å². The van der Waals surface area contributed by atoms with Crippen LogP contribution in [-0.2, 0) is 17.6 Å². The lowest BCUT2D eigenvalue weighted by Gasteiger charge is -2.32. The van der Waals surface area contributed by atoms with E-state index in [1.165, 1.54) is 16.7 Å². The van der Waals surface area contributed by atoms with E-state index in [-0.39, 0.29) is 12.7 Å². The van der Waals surface area contributed by atoms with Gasteiger partial charge in [-0.2, -0.15) is 0 Å². The minimum atomic E-state index is -0.550. The highest BCUT2D eigenvalue weighted by molar-refractivity contribution is 5.60. The van der Waals surface area contributed by atoms with Crippen LogP contribution in [0.25, 0.3) is 0 Å². The molecule has 29 heavy (non-hydrogen) atoms. The second-order valence-corrected chi connectivity index (χ2v) is 8.00. The van der Waals surface area contributed by atoms with Gasteiger partial charge in [0.05, 0.1) is 18.8 Å². The number of aliphatic hydroxyl groups is 2. The zero-order valence-corrected chi connectivity index (χ0v) is 16.8. The molecule has 2 aliphatic heterocycles. The van der Waals surface area contributed by atoms with Crippen LogP contribution in [0.3, 0.4) is 0 Å². The topological polar surface area (TPSA) is 71.0 Å². The molecule has 0 radical (unpaired) electrons. The van der Waals surface area contributed by atoms with E-state index in [1.807, 2.05) is 12.1 Å². The first-order valence-electron chi connectivity index (χ1n) is 10.3. The average Bonchev–Trinajstić information content (AvgIpc) is 2.92. The monoisotopic (exact) mass is 395 g/mol. The first-order chi connectivity index (χ1) is 14.1. The van der Waals surface area contributed by atoms with E-state index >= 15 is 0 Å². The summed E-state index contributed by atoms with van der Waals surface area (Å²) in [6.07, 6.45) is 4.25. The number of fused-ring (bicyclic) bond motifs is 1. The molecule has 3 N–H and O–H groups in total. The molecular weight excluding hydrogens is 366 g/mol. The highest BCUT2D eigenvalue weighted by Crippen LogP contribution is 2.34. The number of nitrogens with one attached hydrogen (secondary N) is 1. The molecule has 0 saturated carbocycles. The van der Waals surface area contributed by atoms with Gasteiger partial charge >= 0.3 is 0 Å². The third-order valence-electron chi connectivity index (χ3n) is 5.62. The summed E-state index contributed by atoms with van der Waals surface area (Å²) in [5.74, 6) is 0.774. The van der Waals surface area contributed by atoms with Crippen molar-refractivity contribution in [3.8, 4) is 5.75 Å². The van der Waals surface area contributed by atoms with Gasteiger partial charge in [-0.05, 0) is 49.5 Å². The Kier molecular flexibility index (Phi) is 6.19. The zero-order valence-electron chi connectivity index (χ0n) is 16.8. The maximum atomic E-state index is 10.0. The van der Waals surface area contributed by atoms with Crippen LogP contribution in [0.2, 0.25) is 0 Å². The fourth-order valence-electron chi connectivity index (χ4n) is 4.00. The molecule has 3 atom stereocenters. The number of hydrogen-bond donors (Lipinski definition) is 3. The predicted octanol–water partition coefficient (Wildman–Crippen LogP) is 3.72. The van der Waals surface area contributed by atoms with E-state index in [0.717, 1.165) is 36.3 Å². The summed E-state index contributed by atoms with van der Waals surface area (Å²) in [4.78, 5) is 0. The Labute approximate surface area is 172 Å². The average molecular weight is 395 g/mol. The molecule has 0 amide bonds. The molecular formula is C24H29NO4. The summed E-state index contributed by atoms with van der Waals surface area (Å²) in [5, 5.41) is 22.9. The van der Waals surface area contributed by atoms with Crippen molar-refractivity contribution in [1.82, 2.24) is 0 Å². The molecule has 2 heterocycles. The lowest BCUT2D eigenvalue weighted by Crippen LogP contribution is -2.40. The zero-order chi connectivity index (χ0) is 20.2. The van der Waals surface area contributed by atoms with E-state index in [2.05, 4.69) is 48.8 Å². The molecule has 2 aromatic rings. The minimum absolute atomic E-state index is 0.113. The van der Waals surface area contributed by atoms with Crippen LogP contribution in [0.5, 0.6) is 5.75 Å². The molecule has 2 unspecified atom stereocenters. The number of ether oxygens (including phenoxy) is 2. The molecule has 0 spiro atoms. The van der Waals surface area contributed by atoms with E-state index < -0.39 is 12.4 Å². The Morgan fingerprint density at radius 3 is 2.72 bits per heavy atom. The van der Waals surface area contributed by atoms with Crippen LogP contribution < -0.4 is 10.1 Å². The Hall–Kier alpha value is -2.34. The predicted molar refractivity (Wildman–Crippen MR) is 113 cm³/mol. The van der Waals surface area contributed by atoms with Gasteiger partial charge in [-0.15, -0.1) is 0 Å². The number of aliphatic hydroxyl groups excluding tert-OH is 2. The van der Waals surface area contributed by atoms with Crippen LogP contribution in [0.1, 0.15) is 36.0 Å². The highest BCUT2D eigenvalue weighted by Gasteiger charge is 2.30. The SMILES string of the molecule is Cc1ccc(CC2=CNc3cccc(O[C@H]4CC(O)CC(CO)O4)c3CC2)cc1. The molecule has 154 valence electrons. The van der Waals surface area contributed by atoms with Crippen LogP contribution >= 0.6 is 0 Å². The standard InChI is InChI=1S/C24H29NO4/c1-16-5-7-17(8-6-16)11-18-9-10-21-22(25-14-18)3-2-4-23(21)29-24-13-19(27)12-20(15-26)28-24/h2-8,14,19-20,24-27H,9-13,15H2,1H3/t19?,20?,24-/m0/s1. The molecule has 4 rings (SSSR count). The van der Waals surface area contributed by atoms with Crippen molar-refractivity contribution in [3.05, 3.63) is 70.9 Å². The van der Waals surface area contributed by atoms with E-state index in [1.54, 1.807) is 0 Å². The van der Waals surface area contributed by atoms with Gasteiger partial charge in [-0.1, -0.05) is 35.9 Å². The molecule has 2 aliphatic rings. The lowest BCUT2D eigenvalue weighted by atomic mass is 9.99. The Balaban J connectivity index is 1.45. The van der Waals surface area contributed by atoms with Crippen molar-refractivity contribution in [2.75, 3.05) is 11.9 Å². The van der Waals surface area contributed by atoms with Gasteiger partial charge in [-0.25, -0.2) is 0 Å². The molecule has 1 fully saturated rings. The fraction of sp³-hybridized carbons (Fsp3) is 0.417. The Morgan fingerprint density at radius 2 is 1.93 bits per heavy atom. The normalized spacial score (nSPS) is 24.1. The van der Waals surface area contributed by atoms with Crippen molar-refractivity contribution in [2.24, 2.45) is 0 Å². The second kappa shape index (κ2) is 8.99. The minimum Gasteiger partial charge on any atom is -0.464 e. The number of benzene rings is 2. The molecule has 5 nitrogen and oxygen atoms in total. The van der Waals surface area contributed by atoms with Gasteiger partial charge in [0.15, 0.2) is 0 Å². The summed E-state index contributed by atoms with van der Waals surface area (Å²) < 4.78 is 11.9. The van der Waals surface area contributed by atoms with Crippen LogP contribution in [0.4, 0.5) is 5.69 Å². The van der Waals surface area contributed by atoms with Crippen molar-refractivity contribution >= 4 is 5.69 Å². The summed E-state index contributed by atoms with van der Waals surface area (Å²) in [6, 6.07) is 14.6. The molecule has 1 saturated heterocycles. The molecule has 0 aliphatic carbocycles. The van der Waals surface area contributed by atoms with Crippen molar-refractivity contribution in [1.29, 1.82) is 0 Å². The second-order valence-electron chi connectivity index (χ2n) is 8.00. The Bertz CT molecular complexity index is 862. The quantitative estimate of drug-likeness (QED) is 0.720. The Morgan fingerprint density at radius 1 is 1.10 bits per heavy atom. The summed E-state index contributed by atoms with van der Waals surface area (Å²) in [5.41, 5.74) is 6.09. The van der Waals surface area contributed by atoms with Crippen molar-refractivity contribution in [2.45, 2.75) is 57.5 Å². The summed E-state index contributed by atoms with van der Waals surface area (Å²) in [7, 11) is 0. The summed E-state index contributed by atoms with van der Waals surface area (Å²) in [6.45, 7) is 1.99. The van der Waals surface area contributed by atoms with Crippen LogP contribution in [-0.4, -0.2) is 35.3 Å². The third-order valence-corrected chi connectivity index (χ3v) is 5.62. The van der Waals surface area contributed by atoms with Crippen molar-refractivity contribution in [3.63, 3.8) is 0 Å². The first-order valence-corrected chi connectivity index (χ1v) is 10.3. The molecule has 0 bridgehead atoms. The van der Waals surface area contributed by atoms with Gasteiger partial charge in [0.1, 0.15) is 5.75 Å². The van der Waals surface area contributed by atoms with Gasteiger partial charge < -0.3 is 25.0 Å². The van der Waals surface area contributed by atoms with Gasteiger partial charge in [0.25, 0.3) is 0 Å². The van der Waals surface area contributed by atoms with E-state index in [0.29, 0.717) is 12.8 Å². The number of anilines is 1. The molecule has 2 aromatic carbocycles. The maximum absolute atomic E-state index is 10.0. The van der Waals surface area contributed by atoms with Gasteiger partial charge in [0.2, 0.25) is 6.29 Å². The van der Waals surface area contributed by atoms with Gasteiger partial charge in [-0.3, -0.25) is 0 Å². The lowest BCUT2D eigenvalue weighted by molar-refractivity contribution is -0.184. The van der Waals surface area contributed by atoms with Crippen LogP contribution in [0, 0.1) is 6.92 Å². The highest BCUT2D eigenvalue weighted by atomic mass is 16.7. The largest absolute Gasteiger partial charge is 0.464 e. The molecule has 0 aromatic heterocycles. The number of rotatable bonds is 5. The van der Waals surface area contributed by atoms with Crippen molar-refractivity contribution < 1.29 is 19.7 Å². The van der Waals surface area contributed by atoms with E-state index in [4.69, 9.17) is 9.47 Å². The fourth-order valence-corrected chi connectivity index (χ4v) is 4.00. The number of allylic oxidation sites excluding steroid dienone is 1. The smallest absolute Gasteiger partial charge is 0.202 e. The summed E-state index contributed by atoms with van der Waals surface area (Å²) >= 11 is 0. The van der Waals surface area contributed by atoms with Crippen LogP contribution in [0.15, 0.2) is 54.2 Å². The first kappa shape index (κ1) is 20.0. The number of hydrogen-bond acceptors (Lipinski definition) is 5. The maximum Gasteiger partial charge on any atom is 0.202 e. The van der Waals surface area contributed by atoms with Gasteiger partial charge in [0, 0.05) is 30.3 Å². The molecule has 5 heteroatoms. The third kappa shape index (κ3) is 4.99. The number of aryl methyl sites for hydroxylation is 1.